The molecule has 0 bridgehead atoms. The van der Waals surface area contributed by atoms with E-state index < -0.39 is 12.6 Å². The molecular formula is C2H5O4Zr-. The first kappa shape index (κ1) is 10.7. The Morgan fingerprint density at radius 2 is 1.29 bits per heavy atom. The number of hydrogen-bond donors (Lipinski definition) is 4. The van der Waals surface area contributed by atoms with Crippen LogP contribution in [0.15, 0.2) is 0 Å². The maximum Gasteiger partial charge on any atom is 0.0760 e. The molecule has 0 spiro atoms. The molecule has 0 aliphatic heterocycles. The fourth-order valence-electron chi connectivity index (χ4n) is 0. The van der Waals surface area contributed by atoms with Crippen LogP contribution in [0.4, 0.5) is 0 Å². The molecule has 5 heteroatoms. The summed E-state index contributed by atoms with van der Waals surface area (Å²) >= 11 is 0. The van der Waals surface area contributed by atoms with E-state index in [0.717, 1.165) is 0 Å². The van der Waals surface area contributed by atoms with Crippen LogP contribution >= 0.6 is 0 Å². The van der Waals surface area contributed by atoms with Crippen molar-refractivity contribution >= 4 is 0 Å². The molecule has 0 heterocycles. The van der Waals surface area contributed by atoms with Gasteiger partial charge in [0.15, 0.2) is 0 Å². The maximum atomic E-state index is 7.65. The first-order chi connectivity index (χ1) is 2.64. The molecule has 42 valence electrons. The van der Waals surface area contributed by atoms with Gasteiger partial charge in [-0.1, -0.05) is 0 Å². The molecule has 4 nitrogen and oxygen atoms in total. The van der Waals surface area contributed by atoms with E-state index in [2.05, 4.69) is 0 Å². The molecule has 0 saturated carbocycles. The Morgan fingerprint density at radius 3 is 1.29 bits per heavy atom. The molecule has 0 aromatic heterocycles. The van der Waals surface area contributed by atoms with Gasteiger partial charge in [0, 0.05) is 26.2 Å². The van der Waals surface area contributed by atoms with E-state index in [1.165, 1.54) is 0 Å². The standard InChI is InChI=1S/C2H5O4.Zr/c3-1(4)2(5)6;/h1,3-6H;/q-1;. The number of rotatable bonds is 1. The number of aliphatic hydroxyl groups is 4. The fourth-order valence-corrected chi connectivity index (χ4v) is 0. The molecule has 7 heavy (non-hydrogen) atoms. The van der Waals surface area contributed by atoms with Crippen molar-refractivity contribution in [1.29, 1.82) is 0 Å². The van der Waals surface area contributed by atoms with Crippen molar-refractivity contribution in [2.24, 2.45) is 0 Å². The average Bonchev–Trinajstić information content (AvgIpc) is 1.36. The summed E-state index contributed by atoms with van der Waals surface area (Å²) in [6.45, 7) is 0. The zero-order valence-corrected chi connectivity index (χ0v) is 5.82. The molecule has 0 aromatic carbocycles. The van der Waals surface area contributed by atoms with Gasteiger partial charge in [-0.2, -0.15) is 0 Å². The van der Waals surface area contributed by atoms with Crippen LogP contribution in [0.3, 0.4) is 0 Å². The summed E-state index contributed by atoms with van der Waals surface area (Å²) in [6, 6.07) is 0. The second kappa shape index (κ2) is 4.87. The Bertz CT molecular complexity index is 30.7. The monoisotopic (exact) mass is 183 g/mol. The van der Waals surface area contributed by atoms with Crippen molar-refractivity contribution in [3.8, 4) is 0 Å². The molecular weight excluding hydrogens is 179 g/mol. The first-order valence-corrected chi connectivity index (χ1v) is 1.25. The Balaban J connectivity index is 0. The average molecular weight is 184 g/mol. The van der Waals surface area contributed by atoms with Crippen molar-refractivity contribution < 1.29 is 46.6 Å². The Morgan fingerprint density at radius 1 is 1.14 bits per heavy atom. The van der Waals surface area contributed by atoms with Crippen LogP contribution < -0.4 is 0 Å². The van der Waals surface area contributed by atoms with E-state index in [0.29, 0.717) is 0 Å². The third-order valence-electron chi connectivity index (χ3n) is 0.231. The molecule has 0 saturated heterocycles. The normalized spacial score (nSPS) is 9.43. The minimum absolute atomic E-state index is 0. The summed E-state index contributed by atoms with van der Waals surface area (Å²) < 4.78 is 0. The predicted octanol–water partition coefficient (Wildman–Crippen LogP) is -1.47. The van der Waals surface area contributed by atoms with E-state index in [4.69, 9.17) is 20.4 Å². The zero-order chi connectivity index (χ0) is 5.15. The zero-order valence-electron chi connectivity index (χ0n) is 3.37. The van der Waals surface area contributed by atoms with Gasteiger partial charge in [-0.15, -0.1) is 0 Å². The van der Waals surface area contributed by atoms with Gasteiger partial charge < -0.3 is 20.4 Å². The second-order valence-corrected chi connectivity index (χ2v) is 0.732. The van der Waals surface area contributed by atoms with E-state index in [9.17, 15) is 0 Å². The Labute approximate surface area is 59.5 Å². The van der Waals surface area contributed by atoms with Crippen molar-refractivity contribution in [1.82, 2.24) is 0 Å². The number of hydrogen-bond acceptors (Lipinski definition) is 4. The molecule has 0 fully saturated rings. The molecule has 0 aliphatic rings. The molecule has 0 aliphatic carbocycles. The minimum Gasteiger partial charge on any atom is -0.531 e. The summed E-state index contributed by atoms with van der Waals surface area (Å²) in [5.74, 6) is 0. The summed E-state index contributed by atoms with van der Waals surface area (Å²) in [5.41, 5.74) is 0. The van der Waals surface area contributed by atoms with Crippen LogP contribution in [0, 0.1) is 6.29 Å². The van der Waals surface area contributed by atoms with Crippen molar-refractivity contribution in [2.45, 2.75) is 6.29 Å². The van der Waals surface area contributed by atoms with Crippen molar-refractivity contribution in [2.75, 3.05) is 0 Å². The van der Waals surface area contributed by atoms with Gasteiger partial charge in [0.05, 0.1) is 6.29 Å². The van der Waals surface area contributed by atoms with Gasteiger partial charge in [-0.25, -0.2) is 0 Å². The molecule has 0 rings (SSSR count). The van der Waals surface area contributed by atoms with Crippen molar-refractivity contribution in [3.05, 3.63) is 6.29 Å². The van der Waals surface area contributed by atoms with E-state index in [-0.39, 0.29) is 26.2 Å². The van der Waals surface area contributed by atoms with Crippen LogP contribution in [0.5, 0.6) is 0 Å². The van der Waals surface area contributed by atoms with Crippen molar-refractivity contribution in [3.63, 3.8) is 0 Å². The molecule has 0 unspecified atom stereocenters. The topological polar surface area (TPSA) is 80.9 Å². The van der Waals surface area contributed by atoms with Gasteiger partial charge in [-0.3, -0.25) is 0 Å². The smallest absolute Gasteiger partial charge is 0.0760 e. The third kappa shape index (κ3) is 6.72. The van der Waals surface area contributed by atoms with Crippen LogP contribution in [-0.4, -0.2) is 26.7 Å². The predicted molar refractivity (Wildman–Crippen MR) is 15.3 cm³/mol. The molecule has 0 amide bonds. The minimum atomic E-state index is -2.12. The quantitative estimate of drug-likeness (QED) is 0.296. The Kier molecular flexibility index (Phi) is 7.42. The summed E-state index contributed by atoms with van der Waals surface area (Å²) in [7, 11) is 0. The van der Waals surface area contributed by atoms with Gasteiger partial charge >= 0.3 is 0 Å². The molecule has 4 N–H and O–H groups in total. The number of aliphatic hydroxyl groups excluding tert-OH is 2. The second-order valence-electron chi connectivity index (χ2n) is 0.732. The molecule has 0 aromatic rings. The van der Waals surface area contributed by atoms with E-state index >= 15 is 0 Å². The van der Waals surface area contributed by atoms with E-state index in [1.54, 1.807) is 0 Å². The summed E-state index contributed by atoms with van der Waals surface area (Å²) in [6.07, 6.45) is -3.50. The molecule has 0 atom stereocenters. The first-order valence-electron chi connectivity index (χ1n) is 1.25. The maximum absolute atomic E-state index is 7.65. The van der Waals surface area contributed by atoms with Gasteiger partial charge in [0.1, 0.15) is 0 Å². The van der Waals surface area contributed by atoms with Crippen LogP contribution in [0.25, 0.3) is 0 Å². The van der Waals surface area contributed by atoms with Crippen LogP contribution in [0.1, 0.15) is 0 Å². The SMILES string of the molecule is O[C-](O)C(O)O.[Zr]. The van der Waals surface area contributed by atoms with Crippen LogP contribution in [0.2, 0.25) is 0 Å². The van der Waals surface area contributed by atoms with Gasteiger partial charge in [0.2, 0.25) is 0 Å². The van der Waals surface area contributed by atoms with Gasteiger partial charge in [-0.05, 0) is 6.29 Å². The van der Waals surface area contributed by atoms with Crippen LogP contribution in [-0.2, 0) is 26.2 Å². The van der Waals surface area contributed by atoms with E-state index in [1.807, 2.05) is 0 Å². The largest absolute Gasteiger partial charge is 0.531 e. The molecule has 0 radical (unpaired) electrons. The Hall–Kier alpha value is 0.723. The van der Waals surface area contributed by atoms with Gasteiger partial charge in [0.25, 0.3) is 0 Å². The third-order valence-corrected chi connectivity index (χ3v) is 0.231. The summed E-state index contributed by atoms with van der Waals surface area (Å²) in [5, 5.41) is 30.5. The fraction of sp³-hybridized carbons (Fsp3) is 0.500. The summed E-state index contributed by atoms with van der Waals surface area (Å²) in [4.78, 5) is 0.